The Morgan fingerprint density at radius 1 is 1.20 bits per heavy atom. The van der Waals surface area contributed by atoms with Gasteiger partial charge >= 0.3 is 0 Å². The first-order chi connectivity index (χ1) is 9.47. The third-order valence-corrected chi connectivity index (χ3v) is 2.65. The summed E-state index contributed by atoms with van der Waals surface area (Å²) in [4.78, 5) is 13.1. The van der Waals surface area contributed by atoms with Gasteiger partial charge in [-0.3, -0.25) is 4.79 Å². The van der Waals surface area contributed by atoms with E-state index < -0.39 is 0 Å². The maximum Gasteiger partial charge on any atom is 0.273 e. The van der Waals surface area contributed by atoms with Crippen LogP contribution in [0.3, 0.4) is 0 Å². The molecule has 0 unspecified atom stereocenters. The molecule has 0 fully saturated rings. The number of rotatable bonds is 3. The zero-order valence-corrected chi connectivity index (χ0v) is 11.6. The van der Waals surface area contributed by atoms with Crippen molar-refractivity contribution in [3.8, 4) is 11.6 Å². The first-order valence-electron chi connectivity index (χ1n) is 6.07. The third kappa shape index (κ3) is 3.03. The van der Waals surface area contributed by atoms with Crippen molar-refractivity contribution in [3.05, 3.63) is 41.6 Å². The summed E-state index contributed by atoms with van der Waals surface area (Å²) in [6.07, 6.45) is 0. The number of benzene rings is 1. The number of carbonyl (C=O) groups is 1. The Balaban J connectivity index is 2.19. The van der Waals surface area contributed by atoms with Gasteiger partial charge in [0, 0.05) is 20.2 Å². The fourth-order valence-corrected chi connectivity index (χ4v) is 1.56. The summed E-state index contributed by atoms with van der Waals surface area (Å²) in [6, 6.07) is 8.63. The summed E-state index contributed by atoms with van der Waals surface area (Å²) in [5.41, 5.74) is 7.63. The van der Waals surface area contributed by atoms with Crippen LogP contribution in [0, 0.1) is 6.92 Å². The second kappa shape index (κ2) is 5.56. The predicted molar refractivity (Wildman–Crippen MR) is 75.7 cm³/mol. The van der Waals surface area contributed by atoms with E-state index in [0.29, 0.717) is 11.4 Å². The fourth-order valence-electron chi connectivity index (χ4n) is 1.56. The molecule has 1 heterocycles. The van der Waals surface area contributed by atoms with Gasteiger partial charge in [-0.25, -0.2) is 0 Å². The van der Waals surface area contributed by atoms with Gasteiger partial charge in [-0.2, -0.15) is 0 Å². The van der Waals surface area contributed by atoms with E-state index in [0.717, 1.165) is 5.56 Å². The standard InChI is InChI=1S/C14H16N4O2/c1-9-4-5-10(15)12(8-9)20-13-7-6-11(16-17-13)14(19)18(2)3/h4-8H,15H2,1-3H3. The molecule has 0 spiro atoms. The Kier molecular flexibility index (Phi) is 3.84. The molecule has 2 N–H and O–H groups in total. The van der Waals surface area contributed by atoms with Crippen molar-refractivity contribution in [1.82, 2.24) is 15.1 Å². The van der Waals surface area contributed by atoms with Crippen molar-refractivity contribution < 1.29 is 9.53 Å². The maximum atomic E-state index is 11.7. The van der Waals surface area contributed by atoms with Crippen LogP contribution in [0.5, 0.6) is 11.6 Å². The first-order valence-corrected chi connectivity index (χ1v) is 6.07. The van der Waals surface area contributed by atoms with E-state index in [-0.39, 0.29) is 17.5 Å². The van der Waals surface area contributed by atoms with E-state index in [2.05, 4.69) is 10.2 Å². The van der Waals surface area contributed by atoms with E-state index in [1.807, 2.05) is 19.1 Å². The molecule has 1 amide bonds. The molecule has 0 bridgehead atoms. The lowest BCUT2D eigenvalue weighted by atomic mass is 10.2. The van der Waals surface area contributed by atoms with Gasteiger partial charge in [-0.15, -0.1) is 10.2 Å². The Labute approximate surface area is 117 Å². The lowest BCUT2D eigenvalue weighted by Gasteiger charge is -2.10. The lowest BCUT2D eigenvalue weighted by molar-refractivity contribution is 0.0820. The number of nitrogen functional groups attached to an aromatic ring is 1. The second-order valence-electron chi connectivity index (χ2n) is 4.60. The molecular formula is C14H16N4O2. The molecule has 0 saturated heterocycles. The van der Waals surface area contributed by atoms with Crippen molar-refractivity contribution in [1.29, 1.82) is 0 Å². The smallest absolute Gasteiger partial charge is 0.273 e. The monoisotopic (exact) mass is 272 g/mol. The SMILES string of the molecule is Cc1ccc(N)c(Oc2ccc(C(=O)N(C)C)nn2)c1. The van der Waals surface area contributed by atoms with Crippen LogP contribution >= 0.6 is 0 Å². The molecule has 0 aliphatic rings. The van der Waals surface area contributed by atoms with Gasteiger partial charge in [-0.05, 0) is 30.7 Å². The summed E-state index contributed by atoms with van der Waals surface area (Å²) in [5.74, 6) is 0.600. The van der Waals surface area contributed by atoms with E-state index in [4.69, 9.17) is 10.5 Å². The zero-order chi connectivity index (χ0) is 14.7. The summed E-state index contributed by atoms with van der Waals surface area (Å²) in [7, 11) is 3.31. The molecular weight excluding hydrogens is 256 g/mol. The van der Waals surface area contributed by atoms with Crippen LogP contribution in [0.1, 0.15) is 16.1 Å². The third-order valence-electron chi connectivity index (χ3n) is 2.65. The van der Waals surface area contributed by atoms with Crippen LogP contribution in [-0.2, 0) is 0 Å². The number of aromatic nitrogens is 2. The minimum Gasteiger partial charge on any atom is -0.435 e. The highest BCUT2D eigenvalue weighted by Crippen LogP contribution is 2.26. The van der Waals surface area contributed by atoms with Crippen LogP contribution in [-0.4, -0.2) is 35.1 Å². The minimum absolute atomic E-state index is 0.209. The summed E-state index contributed by atoms with van der Waals surface area (Å²) in [6.45, 7) is 1.94. The number of hydrogen-bond acceptors (Lipinski definition) is 5. The van der Waals surface area contributed by atoms with Gasteiger partial charge in [0.25, 0.3) is 5.91 Å². The number of hydrogen-bond donors (Lipinski definition) is 1. The van der Waals surface area contributed by atoms with Gasteiger partial charge < -0.3 is 15.4 Å². The highest BCUT2D eigenvalue weighted by molar-refractivity contribution is 5.91. The molecule has 2 rings (SSSR count). The average molecular weight is 272 g/mol. The zero-order valence-electron chi connectivity index (χ0n) is 11.6. The number of aryl methyl sites for hydroxylation is 1. The number of anilines is 1. The maximum absolute atomic E-state index is 11.7. The van der Waals surface area contributed by atoms with Crippen LogP contribution in [0.4, 0.5) is 5.69 Å². The van der Waals surface area contributed by atoms with E-state index in [9.17, 15) is 4.79 Å². The Bertz CT molecular complexity index is 624. The van der Waals surface area contributed by atoms with Crippen molar-refractivity contribution >= 4 is 11.6 Å². The van der Waals surface area contributed by atoms with Crippen molar-refractivity contribution in [2.45, 2.75) is 6.92 Å². The van der Waals surface area contributed by atoms with E-state index >= 15 is 0 Å². The average Bonchev–Trinajstić information content (AvgIpc) is 2.43. The van der Waals surface area contributed by atoms with Crippen LogP contribution in [0.25, 0.3) is 0 Å². The van der Waals surface area contributed by atoms with Crippen molar-refractivity contribution in [2.75, 3.05) is 19.8 Å². The number of amides is 1. The van der Waals surface area contributed by atoms with Crippen molar-refractivity contribution in [2.24, 2.45) is 0 Å². The normalized spacial score (nSPS) is 10.2. The Morgan fingerprint density at radius 2 is 1.95 bits per heavy atom. The highest BCUT2D eigenvalue weighted by atomic mass is 16.5. The number of carbonyl (C=O) groups excluding carboxylic acids is 1. The minimum atomic E-state index is -0.209. The van der Waals surface area contributed by atoms with Gasteiger partial charge in [-0.1, -0.05) is 6.07 Å². The van der Waals surface area contributed by atoms with Crippen LogP contribution < -0.4 is 10.5 Å². The molecule has 20 heavy (non-hydrogen) atoms. The second-order valence-corrected chi connectivity index (χ2v) is 4.60. The van der Waals surface area contributed by atoms with E-state index in [1.54, 1.807) is 32.3 Å². The molecule has 0 saturated carbocycles. The molecule has 0 aliphatic carbocycles. The molecule has 2 aromatic rings. The molecule has 0 atom stereocenters. The first kappa shape index (κ1) is 13.8. The summed E-state index contributed by atoms with van der Waals surface area (Å²) >= 11 is 0. The molecule has 0 aliphatic heterocycles. The Morgan fingerprint density at radius 3 is 2.55 bits per heavy atom. The summed E-state index contributed by atoms with van der Waals surface area (Å²) in [5, 5.41) is 7.71. The predicted octanol–water partition coefficient (Wildman–Crippen LogP) is 1.86. The summed E-state index contributed by atoms with van der Waals surface area (Å²) < 4.78 is 5.56. The molecule has 104 valence electrons. The quantitative estimate of drug-likeness (QED) is 0.862. The topological polar surface area (TPSA) is 81.3 Å². The fraction of sp³-hybridized carbons (Fsp3) is 0.214. The van der Waals surface area contributed by atoms with Gasteiger partial charge in [0.05, 0.1) is 5.69 Å². The van der Waals surface area contributed by atoms with E-state index in [1.165, 1.54) is 4.90 Å². The number of nitrogens with two attached hydrogens (primary N) is 1. The van der Waals surface area contributed by atoms with Gasteiger partial charge in [0.2, 0.25) is 5.88 Å². The number of nitrogens with zero attached hydrogens (tertiary/aromatic N) is 3. The van der Waals surface area contributed by atoms with Crippen LogP contribution in [0.15, 0.2) is 30.3 Å². The highest BCUT2D eigenvalue weighted by Gasteiger charge is 2.11. The van der Waals surface area contributed by atoms with Gasteiger partial charge in [0.1, 0.15) is 0 Å². The molecule has 6 heteroatoms. The number of ether oxygens (including phenoxy) is 1. The van der Waals surface area contributed by atoms with Crippen LogP contribution in [0.2, 0.25) is 0 Å². The van der Waals surface area contributed by atoms with Gasteiger partial charge in [0.15, 0.2) is 11.4 Å². The lowest BCUT2D eigenvalue weighted by Crippen LogP contribution is -2.23. The molecule has 6 nitrogen and oxygen atoms in total. The molecule has 1 aromatic carbocycles. The molecule has 0 radical (unpaired) electrons. The molecule has 1 aromatic heterocycles. The van der Waals surface area contributed by atoms with Crippen molar-refractivity contribution in [3.63, 3.8) is 0 Å². The Hall–Kier alpha value is -2.63. The largest absolute Gasteiger partial charge is 0.435 e.